The summed E-state index contributed by atoms with van der Waals surface area (Å²) in [5, 5.41) is 19.6. The Hall–Kier alpha value is -1.01. The number of aliphatic hydroxyl groups excluding tert-OH is 1. The van der Waals surface area contributed by atoms with Crippen molar-refractivity contribution in [3.05, 3.63) is 11.6 Å². The van der Waals surface area contributed by atoms with Gasteiger partial charge in [-0.15, -0.1) is 0 Å². The van der Waals surface area contributed by atoms with Gasteiger partial charge in [-0.3, -0.25) is 4.79 Å². The van der Waals surface area contributed by atoms with Gasteiger partial charge in [0.1, 0.15) is 6.04 Å². The molecule has 1 amide bonds. The summed E-state index contributed by atoms with van der Waals surface area (Å²) < 4.78 is 20.6. The number of carbonyl (C=O) groups excluding carboxylic acids is 1. The lowest BCUT2D eigenvalue weighted by Crippen LogP contribution is -2.41. The van der Waals surface area contributed by atoms with Gasteiger partial charge in [0, 0.05) is 22.5 Å². The monoisotopic (exact) mass is 250 g/mol. The number of thioether (sulfide) groups is 1. The van der Waals surface area contributed by atoms with Crippen LogP contribution in [-0.2, 0) is 9.59 Å². The molecule has 0 aromatic carbocycles. The molecule has 0 fully saturated rings. The van der Waals surface area contributed by atoms with Crippen molar-refractivity contribution in [3.63, 3.8) is 0 Å². The number of amides is 1. The minimum atomic E-state index is -2.86. The molecule has 0 spiro atoms. The second kappa shape index (κ2) is 8.18. The van der Waals surface area contributed by atoms with Gasteiger partial charge in [0.15, 0.2) is 0 Å². The first-order valence-corrected chi connectivity index (χ1v) is 5.72. The van der Waals surface area contributed by atoms with E-state index in [1.807, 2.05) is 5.32 Å². The summed E-state index contributed by atoms with van der Waals surface area (Å²) in [5.41, 5.74) is 0.755. The van der Waals surface area contributed by atoms with E-state index in [0.717, 1.165) is 5.57 Å². The van der Waals surface area contributed by atoms with E-state index in [9.17, 15) is 9.59 Å². The van der Waals surface area contributed by atoms with Crippen LogP contribution in [0.5, 0.6) is 0 Å². The molecule has 0 unspecified atom stereocenters. The summed E-state index contributed by atoms with van der Waals surface area (Å²) in [6, 6.07) is -1.25. The van der Waals surface area contributed by atoms with E-state index in [4.69, 9.17) is 14.3 Å². The van der Waals surface area contributed by atoms with E-state index >= 15 is 0 Å². The number of carboxylic acid groups (broad SMARTS) is 1. The van der Waals surface area contributed by atoms with Gasteiger partial charge >= 0.3 is 5.97 Å². The molecule has 0 bridgehead atoms. The van der Waals surface area contributed by atoms with Gasteiger partial charge in [0.2, 0.25) is 5.91 Å². The van der Waals surface area contributed by atoms with E-state index in [1.165, 1.54) is 11.8 Å². The minimum absolute atomic E-state index is 0.0480. The third kappa shape index (κ3) is 7.30. The molecule has 0 saturated carbocycles. The average molecular weight is 250 g/mol. The maximum Gasteiger partial charge on any atom is 0.327 e. The Morgan fingerprint density at radius 1 is 1.62 bits per heavy atom. The minimum Gasteiger partial charge on any atom is -0.480 e. The van der Waals surface area contributed by atoms with Crippen LogP contribution in [0.2, 0.25) is 0 Å². The molecule has 0 aromatic heterocycles. The van der Waals surface area contributed by atoms with Crippen molar-refractivity contribution < 1.29 is 23.9 Å². The smallest absolute Gasteiger partial charge is 0.327 e. The van der Waals surface area contributed by atoms with Crippen molar-refractivity contribution in [1.29, 1.82) is 0 Å². The lowest BCUT2D eigenvalue weighted by molar-refractivity contribution is -0.140. The van der Waals surface area contributed by atoms with Gasteiger partial charge in [-0.2, -0.15) is 11.8 Å². The summed E-state index contributed by atoms with van der Waals surface area (Å²) in [5.74, 6) is -2.04. The standard InChI is InChI=1S/C10H17NO4S/c1-7(5-12)3-4-16-6-9(10(14)15)11-8(2)13/h3,9,12H,4-6H2,1-2H3,(H,11,13)(H,14,15)/b7-3+/t9-/m0/s1/i2D3. The molecule has 1 atom stereocenters. The molecular weight excluding hydrogens is 230 g/mol. The first kappa shape index (κ1) is 10.2. The molecule has 0 heterocycles. The van der Waals surface area contributed by atoms with E-state index < -0.39 is 24.8 Å². The molecule has 16 heavy (non-hydrogen) atoms. The van der Waals surface area contributed by atoms with Gasteiger partial charge in [0.05, 0.1) is 6.61 Å². The molecule has 5 nitrogen and oxygen atoms in total. The van der Waals surface area contributed by atoms with E-state index in [0.29, 0.717) is 5.75 Å². The highest BCUT2D eigenvalue weighted by molar-refractivity contribution is 7.99. The van der Waals surface area contributed by atoms with Crippen LogP contribution in [0.4, 0.5) is 0 Å². The predicted molar refractivity (Wildman–Crippen MR) is 63.4 cm³/mol. The zero-order valence-electron chi connectivity index (χ0n) is 11.9. The number of hydrogen-bond acceptors (Lipinski definition) is 4. The highest BCUT2D eigenvalue weighted by Crippen LogP contribution is 2.05. The molecule has 0 aliphatic carbocycles. The molecule has 92 valence electrons. The molecule has 0 aromatic rings. The fourth-order valence-electron chi connectivity index (χ4n) is 0.785. The van der Waals surface area contributed by atoms with Crippen LogP contribution in [0.3, 0.4) is 0 Å². The summed E-state index contributed by atoms with van der Waals surface area (Å²) >= 11 is 1.22. The lowest BCUT2D eigenvalue weighted by atomic mass is 10.3. The number of aliphatic carboxylic acids is 1. The zero-order chi connectivity index (χ0) is 15.1. The fourth-order valence-corrected chi connectivity index (χ4v) is 1.78. The quantitative estimate of drug-likeness (QED) is 0.445. The normalized spacial score (nSPS) is 16.9. The predicted octanol–water partition coefficient (Wildman–Crippen LogP) is 0.247. The molecule has 3 N–H and O–H groups in total. The SMILES string of the molecule is [2H]C([2H])([2H])C(=O)N[C@@H](CSC/C=C(\C)CO)C(=O)O. The summed E-state index contributed by atoms with van der Waals surface area (Å²) in [6.07, 6.45) is 1.73. The van der Waals surface area contributed by atoms with Crippen LogP contribution in [-0.4, -0.2) is 46.2 Å². The number of carboxylic acids is 1. The first-order valence-electron chi connectivity index (χ1n) is 6.06. The van der Waals surface area contributed by atoms with E-state index in [-0.39, 0.29) is 12.4 Å². The highest BCUT2D eigenvalue weighted by atomic mass is 32.2. The third-order valence-corrected chi connectivity index (χ3v) is 2.66. The van der Waals surface area contributed by atoms with Gasteiger partial charge in [-0.1, -0.05) is 11.6 Å². The summed E-state index contributed by atoms with van der Waals surface area (Å²) in [6.45, 7) is -1.20. The van der Waals surface area contributed by atoms with Gasteiger partial charge in [-0.25, -0.2) is 4.79 Å². The molecular formula is C10H17NO4S. The maximum atomic E-state index is 11.2. The molecule has 0 saturated heterocycles. The molecule has 6 heteroatoms. The van der Waals surface area contributed by atoms with Crippen molar-refractivity contribution in [2.45, 2.75) is 19.8 Å². The zero-order valence-corrected chi connectivity index (χ0v) is 9.71. The Morgan fingerprint density at radius 3 is 2.81 bits per heavy atom. The van der Waals surface area contributed by atoms with E-state index in [2.05, 4.69) is 0 Å². The van der Waals surface area contributed by atoms with Crippen molar-refractivity contribution in [2.24, 2.45) is 0 Å². The van der Waals surface area contributed by atoms with E-state index in [1.54, 1.807) is 13.0 Å². The van der Waals surface area contributed by atoms with Crippen LogP contribution in [0, 0.1) is 0 Å². The Labute approximate surface area is 103 Å². The van der Waals surface area contributed by atoms with Crippen LogP contribution in [0.25, 0.3) is 0 Å². The van der Waals surface area contributed by atoms with Crippen LogP contribution in [0.1, 0.15) is 17.9 Å². The largest absolute Gasteiger partial charge is 0.480 e. The Bertz CT molecular complexity index is 357. The summed E-state index contributed by atoms with van der Waals surface area (Å²) in [7, 11) is 0. The van der Waals surface area contributed by atoms with Crippen LogP contribution >= 0.6 is 11.8 Å². The molecule has 0 aliphatic rings. The number of hydrogen-bond donors (Lipinski definition) is 3. The Morgan fingerprint density at radius 2 is 2.31 bits per heavy atom. The van der Waals surface area contributed by atoms with Gasteiger partial charge < -0.3 is 15.5 Å². The molecule has 0 rings (SSSR count). The third-order valence-electron chi connectivity index (χ3n) is 1.69. The van der Waals surface area contributed by atoms with Gasteiger partial charge in [-0.05, 0) is 6.92 Å². The van der Waals surface area contributed by atoms with Crippen LogP contribution in [0.15, 0.2) is 11.6 Å². The maximum absolute atomic E-state index is 11.2. The lowest BCUT2D eigenvalue weighted by Gasteiger charge is -2.11. The Balaban J connectivity index is 4.29. The van der Waals surface area contributed by atoms with Crippen molar-refractivity contribution >= 4 is 23.6 Å². The van der Waals surface area contributed by atoms with Crippen molar-refractivity contribution in [1.82, 2.24) is 5.32 Å². The fraction of sp³-hybridized carbons (Fsp3) is 0.600. The van der Waals surface area contributed by atoms with Gasteiger partial charge in [0.25, 0.3) is 0 Å². The second-order valence-electron chi connectivity index (χ2n) is 3.11. The highest BCUT2D eigenvalue weighted by Gasteiger charge is 2.17. The van der Waals surface area contributed by atoms with Crippen molar-refractivity contribution in [3.8, 4) is 0 Å². The number of carbonyl (C=O) groups is 2. The van der Waals surface area contributed by atoms with Crippen LogP contribution < -0.4 is 5.32 Å². The average Bonchev–Trinajstić information content (AvgIpc) is 2.30. The first-order chi connectivity index (χ1) is 8.68. The molecule has 0 aliphatic heterocycles. The number of rotatable bonds is 7. The summed E-state index contributed by atoms with van der Waals surface area (Å²) in [4.78, 5) is 22.1. The topological polar surface area (TPSA) is 86.6 Å². The van der Waals surface area contributed by atoms with Crippen molar-refractivity contribution in [2.75, 3.05) is 18.1 Å². The second-order valence-corrected chi connectivity index (χ2v) is 4.19. The number of aliphatic hydroxyl groups is 1. The Kier molecular flexibility index (Phi) is 5.19. The number of nitrogens with one attached hydrogen (secondary N) is 1. The molecule has 0 radical (unpaired) electrons.